The van der Waals surface area contributed by atoms with E-state index in [0.29, 0.717) is 5.92 Å². The van der Waals surface area contributed by atoms with Crippen LogP contribution in [0.1, 0.15) is 40.5 Å². The topological polar surface area (TPSA) is 0 Å². The Bertz CT molecular complexity index is 153. The maximum Gasteiger partial charge on any atom is -0.0000614 e. The van der Waals surface area contributed by atoms with Crippen LogP contribution < -0.4 is 0 Å². The first-order valence-corrected chi connectivity index (χ1v) is 4.98. The molecule has 0 aliphatic rings. The molecule has 0 heterocycles. The van der Waals surface area contributed by atoms with E-state index >= 15 is 0 Å². The van der Waals surface area contributed by atoms with Crippen LogP contribution in [0, 0.1) is 11.8 Å². The van der Waals surface area contributed by atoms with Crippen LogP contribution in [0.15, 0.2) is 24.3 Å². The first-order chi connectivity index (χ1) is 5.71. The molecule has 0 nitrogen and oxygen atoms in total. The average Bonchev–Trinajstić information content (AvgIpc) is 2.12. The van der Waals surface area contributed by atoms with Crippen LogP contribution in [-0.4, -0.2) is 0 Å². The molecular weight excluding hydrogens is 144 g/mol. The number of rotatable bonds is 5. The highest BCUT2D eigenvalue weighted by Gasteiger charge is 2.14. The smallest absolute Gasteiger partial charge is 0.0000614 e. The highest BCUT2D eigenvalue weighted by atomic mass is 14.2. The summed E-state index contributed by atoms with van der Waals surface area (Å²) in [4.78, 5) is 0. The maximum absolute atomic E-state index is 3.91. The van der Waals surface area contributed by atoms with Gasteiger partial charge < -0.3 is 0 Å². The van der Waals surface area contributed by atoms with Gasteiger partial charge in [-0.2, -0.15) is 0 Å². The molecule has 0 spiro atoms. The van der Waals surface area contributed by atoms with E-state index < -0.39 is 0 Å². The van der Waals surface area contributed by atoms with Gasteiger partial charge in [0, 0.05) is 0 Å². The van der Waals surface area contributed by atoms with Crippen molar-refractivity contribution >= 4 is 0 Å². The third-order valence-electron chi connectivity index (χ3n) is 2.72. The molecule has 2 atom stereocenters. The van der Waals surface area contributed by atoms with E-state index in [4.69, 9.17) is 0 Å². The third-order valence-corrected chi connectivity index (χ3v) is 2.72. The lowest BCUT2D eigenvalue weighted by molar-refractivity contribution is 0.457. The SMILES string of the molecule is C=CC(C(=CC)CC)C(C)CC. The van der Waals surface area contributed by atoms with E-state index in [1.54, 1.807) is 0 Å². The first-order valence-electron chi connectivity index (χ1n) is 4.98. The minimum atomic E-state index is 0.588. The molecule has 0 radical (unpaired) electrons. The van der Waals surface area contributed by atoms with Gasteiger partial charge >= 0.3 is 0 Å². The van der Waals surface area contributed by atoms with Crippen LogP contribution in [0.2, 0.25) is 0 Å². The van der Waals surface area contributed by atoms with Gasteiger partial charge in [-0.25, -0.2) is 0 Å². The van der Waals surface area contributed by atoms with E-state index in [-0.39, 0.29) is 0 Å². The zero-order chi connectivity index (χ0) is 9.56. The molecule has 0 aromatic carbocycles. The highest BCUT2D eigenvalue weighted by Crippen LogP contribution is 2.26. The van der Waals surface area contributed by atoms with E-state index in [9.17, 15) is 0 Å². The number of allylic oxidation sites excluding steroid dienone is 3. The summed E-state index contributed by atoms with van der Waals surface area (Å²) in [6, 6.07) is 0. The third kappa shape index (κ3) is 2.84. The predicted octanol–water partition coefficient (Wildman–Crippen LogP) is 4.19. The molecule has 0 aromatic rings. The summed E-state index contributed by atoms with van der Waals surface area (Å²) in [7, 11) is 0. The molecule has 0 rings (SSSR count). The zero-order valence-corrected chi connectivity index (χ0v) is 8.93. The van der Waals surface area contributed by atoms with E-state index in [2.05, 4.69) is 46.4 Å². The van der Waals surface area contributed by atoms with Gasteiger partial charge in [0.15, 0.2) is 0 Å². The second-order valence-electron chi connectivity index (χ2n) is 3.36. The van der Waals surface area contributed by atoms with Gasteiger partial charge in [0.05, 0.1) is 0 Å². The molecule has 70 valence electrons. The Balaban J connectivity index is 4.42. The van der Waals surface area contributed by atoms with Crippen molar-refractivity contribution in [1.29, 1.82) is 0 Å². The largest absolute Gasteiger partial charge is 0.102 e. The molecule has 2 unspecified atom stereocenters. The Labute approximate surface area is 77.4 Å². The summed E-state index contributed by atoms with van der Waals surface area (Å²) < 4.78 is 0. The normalized spacial score (nSPS) is 17.2. The van der Waals surface area contributed by atoms with E-state index in [1.807, 2.05) is 0 Å². The molecule has 0 N–H and O–H groups in total. The lowest BCUT2D eigenvalue weighted by atomic mass is 9.84. The van der Waals surface area contributed by atoms with Crippen LogP contribution in [0.25, 0.3) is 0 Å². The van der Waals surface area contributed by atoms with Crippen molar-refractivity contribution in [1.82, 2.24) is 0 Å². The monoisotopic (exact) mass is 166 g/mol. The quantitative estimate of drug-likeness (QED) is 0.537. The standard InChI is InChI=1S/C12H22/c1-6-10(5)12(9-4)11(7-2)8-3/h7,9-10,12H,4,6,8H2,1-3,5H3. The maximum atomic E-state index is 3.91. The summed E-state index contributed by atoms with van der Waals surface area (Å²) >= 11 is 0. The molecule has 0 aliphatic heterocycles. The van der Waals surface area contributed by atoms with Crippen molar-refractivity contribution in [3.8, 4) is 0 Å². The molecule has 0 saturated heterocycles. The van der Waals surface area contributed by atoms with Crippen LogP contribution in [0.5, 0.6) is 0 Å². The molecule has 0 fully saturated rings. The van der Waals surface area contributed by atoms with Crippen LogP contribution >= 0.6 is 0 Å². The van der Waals surface area contributed by atoms with Crippen molar-refractivity contribution < 1.29 is 0 Å². The minimum absolute atomic E-state index is 0.588. The highest BCUT2D eigenvalue weighted by molar-refractivity contribution is 5.12. The van der Waals surface area contributed by atoms with Gasteiger partial charge in [0.25, 0.3) is 0 Å². The van der Waals surface area contributed by atoms with Gasteiger partial charge in [-0.1, -0.05) is 44.9 Å². The molecule has 0 heteroatoms. The van der Waals surface area contributed by atoms with Gasteiger partial charge in [-0.05, 0) is 25.2 Å². The minimum Gasteiger partial charge on any atom is -0.102 e. The Morgan fingerprint density at radius 3 is 2.25 bits per heavy atom. The molecule has 0 amide bonds. The second-order valence-corrected chi connectivity index (χ2v) is 3.36. The van der Waals surface area contributed by atoms with Gasteiger partial charge in [-0.15, -0.1) is 6.58 Å². The van der Waals surface area contributed by atoms with Crippen LogP contribution in [-0.2, 0) is 0 Å². The summed E-state index contributed by atoms with van der Waals surface area (Å²) in [5.74, 6) is 1.32. The lowest BCUT2D eigenvalue weighted by Crippen LogP contribution is -2.10. The number of hydrogen-bond donors (Lipinski definition) is 0. The molecular formula is C12H22. The number of hydrogen-bond acceptors (Lipinski definition) is 0. The molecule has 0 saturated carbocycles. The van der Waals surface area contributed by atoms with Crippen molar-refractivity contribution in [2.75, 3.05) is 0 Å². The van der Waals surface area contributed by atoms with Gasteiger partial charge in [-0.3, -0.25) is 0 Å². The van der Waals surface area contributed by atoms with E-state index in [0.717, 1.165) is 12.3 Å². The predicted molar refractivity (Wildman–Crippen MR) is 57.2 cm³/mol. The lowest BCUT2D eigenvalue weighted by Gasteiger charge is -2.21. The summed E-state index contributed by atoms with van der Waals surface area (Å²) in [5.41, 5.74) is 1.53. The Kier molecular flexibility index (Phi) is 5.79. The fourth-order valence-corrected chi connectivity index (χ4v) is 1.64. The summed E-state index contributed by atoms with van der Waals surface area (Å²) in [5, 5.41) is 0. The Morgan fingerprint density at radius 1 is 1.42 bits per heavy atom. The van der Waals surface area contributed by atoms with Crippen molar-refractivity contribution in [3.05, 3.63) is 24.3 Å². The van der Waals surface area contributed by atoms with Crippen molar-refractivity contribution in [2.24, 2.45) is 11.8 Å². The molecule has 0 aromatic heterocycles. The zero-order valence-electron chi connectivity index (χ0n) is 8.93. The fourth-order valence-electron chi connectivity index (χ4n) is 1.64. The molecule has 12 heavy (non-hydrogen) atoms. The van der Waals surface area contributed by atoms with Crippen LogP contribution in [0.3, 0.4) is 0 Å². The van der Waals surface area contributed by atoms with Crippen molar-refractivity contribution in [3.63, 3.8) is 0 Å². The molecule has 0 aliphatic carbocycles. The van der Waals surface area contributed by atoms with E-state index in [1.165, 1.54) is 12.0 Å². The fraction of sp³-hybridized carbons (Fsp3) is 0.667. The first kappa shape index (κ1) is 11.5. The van der Waals surface area contributed by atoms with Gasteiger partial charge in [0.2, 0.25) is 0 Å². The summed E-state index contributed by atoms with van der Waals surface area (Å²) in [6.07, 6.45) is 6.71. The summed E-state index contributed by atoms with van der Waals surface area (Å²) in [6.45, 7) is 12.8. The van der Waals surface area contributed by atoms with Gasteiger partial charge in [0.1, 0.15) is 0 Å². The molecule has 0 bridgehead atoms. The Morgan fingerprint density at radius 2 is 2.00 bits per heavy atom. The Hall–Kier alpha value is -0.520. The van der Waals surface area contributed by atoms with Crippen LogP contribution in [0.4, 0.5) is 0 Å². The van der Waals surface area contributed by atoms with Crippen molar-refractivity contribution in [2.45, 2.75) is 40.5 Å². The average molecular weight is 166 g/mol. The second kappa shape index (κ2) is 6.05.